The van der Waals surface area contributed by atoms with Gasteiger partial charge in [-0.1, -0.05) is 0 Å². The summed E-state index contributed by atoms with van der Waals surface area (Å²) in [5, 5.41) is 8.92. The van der Waals surface area contributed by atoms with E-state index in [1.807, 2.05) is 0 Å². The first-order valence-corrected chi connectivity index (χ1v) is 4.61. The van der Waals surface area contributed by atoms with Crippen LogP contribution in [0.5, 0.6) is 11.5 Å². The Kier molecular flexibility index (Phi) is 4.13. The van der Waals surface area contributed by atoms with Gasteiger partial charge < -0.3 is 19.3 Å². The van der Waals surface area contributed by atoms with Gasteiger partial charge in [0.2, 0.25) is 0 Å². The van der Waals surface area contributed by atoms with Crippen molar-refractivity contribution >= 4 is 5.97 Å². The van der Waals surface area contributed by atoms with Crippen molar-refractivity contribution in [2.45, 2.75) is 6.61 Å². The van der Waals surface area contributed by atoms with Gasteiger partial charge in [0.05, 0.1) is 26.4 Å². The van der Waals surface area contributed by atoms with Gasteiger partial charge in [-0.25, -0.2) is 4.79 Å². The van der Waals surface area contributed by atoms with Crippen molar-refractivity contribution in [2.75, 3.05) is 21.3 Å². The molecule has 0 saturated heterocycles. The van der Waals surface area contributed by atoms with Crippen LogP contribution >= 0.6 is 0 Å². The molecule has 0 aromatic heterocycles. The molecule has 0 radical (unpaired) electrons. The second-order valence-electron chi connectivity index (χ2n) is 3.11. The standard InChI is InChI=1S/C11H14O5/c1-14-6-8-4-7(11(12)13)5-9(15-2)10(8)16-3/h4-5H,6H2,1-3H3,(H,12,13). The number of hydrogen-bond acceptors (Lipinski definition) is 4. The molecule has 0 aliphatic rings. The summed E-state index contributed by atoms with van der Waals surface area (Å²) in [6, 6.07) is 2.92. The first-order valence-electron chi connectivity index (χ1n) is 4.61. The van der Waals surface area contributed by atoms with Crippen LogP contribution in [0.2, 0.25) is 0 Å². The van der Waals surface area contributed by atoms with Crippen molar-refractivity contribution in [2.24, 2.45) is 0 Å². The molecular weight excluding hydrogens is 212 g/mol. The predicted molar refractivity (Wildman–Crippen MR) is 57.2 cm³/mol. The summed E-state index contributed by atoms with van der Waals surface area (Å²) in [6.45, 7) is 0.265. The van der Waals surface area contributed by atoms with E-state index in [1.54, 1.807) is 0 Å². The number of carboxylic acid groups (broad SMARTS) is 1. The third-order valence-corrected chi connectivity index (χ3v) is 2.10. The van der Waals surface area contributed by atoms with Gasteiger partial charge in [-0.3, -0.25) is 0 Å². The zero-order valence-electron chi connectivity index (χ0n) is 9.44. The average molecular weight is 226 g/mol. The van der Waals surface area contributed by atoms with Crippen LogP contribution < -0.4 is 9.47 Å². The first kappa shape index (κ1) is 12.3. The number of carboxylic acids is 1. The summed E-state index contributed by atoms with van der Waals surface area (Å²) in [5.74, 6) is -0.137. The minimum Gasteiger partial charge on any atom is -0.493 e. The predicted octanol–water partition coefficient (Wildman–Crippen LogP) is 1.55. The van der Waals surface area contributed by atoms with E-state index >= 15 is 0 Å². The van der Waals surface area contributed by atoms with Crippen LogP contribution in [0, 0.1) is 0 Å². The monoisotopic (exact) mass is 226 g/mol. The van der Waals surface area contributed by atoms with Crippen molar-refractivity contribution in [3.63, 3.8) is 0 Å². The molecule has 0 bridgehead atoms. The van der Waals surface area contributed by atoms with Gasteiger partial charge >= 0.3 is 5.97 Å². The molecule has 0 amide bonds. The molecule has 5 nitrogen and oxygen atoms in total. The van der Waals surface area contributed by atoms with Gasteiger partial charge in [-0.2, -0.15) is 0 Å². The summed E-state index contributed by atoms with van der Waals surface area (Å²) in [7, 11) is 4.48. The fourth-order valence-corrected chi connectivity index (χ4v) is 1.43. The molecule has 1 aromatic carbocycles. The lowest BCUT2D eigenvalue weighted by molar-refractivity contribution is 0.0696. The number of ether oxygens (including phenoxy) is 3. The van der Waals surface area contributed by atoms with Gasteiger partial charge in [-0.15, -0.1) is 0 Å². The minimum absolute atomic E-state index is 0.143. The highest BCUT2D eigenvalue weighted by Crippen LogP contribution is 2.33. The quantitative estimate of drug-likeness (QED) is 0.825. The van der Waals surface area contributed by atoms with Crippen LogP contribution in [0.1, 0.15) is 15.9 Å². The molecule has 0 aliphatic carbocycles. The maximum absolute atomic E-state index is 10.9. The third kappa shape index (κ3) is 2.43. The van der Waals surface area contributed by atoms with Crippen LogP contribution in [0.15, 0.2) is 12.1 Å². The van der Waals surface area contributed by atoms with Crippen LogP contribution in [0.4, 0.5) is 0 Å². The van der Waals surface area contributed by atoms with Crippen molar-refractivity contribution in [1.29, 1.82) is 0 Å². The van der Waals surface area contributed by atoms with Crippen molar-refractivity contribution in [1.82, 2.24) is 0 Å². The van der Waals surface area contributed by atoms with Crippen LogP contribution in [0.25, 0.3) is 0 Å². The fraction of sp³-hybridized carbons (Fsp3) is 0.364. The lowest BCUT2D eigenvalue weighted by Gasteiger charge is -2.13. The van der Waals surface area contributed by atoms with E-state index in [4.69, 9.17) is 19.3 Å². The molecule has 1 rings (SSSR count). The van der Waals surface area contributed by atoms with Crippen LogP contribution in [-0.4, -0.2) is 32.4 Å². The number of hydrogen-bond donors (Lipinski definition) is 1. The maximum atomic E-state index is 10.9. The van der Waals surface area contributed by atoms with Gasteiger partial charge in [0.25, 0.3) is 0 Å². The first-order chi connectivity index (χ1) is 7.63. The molecule has 0 heterocycles. The smallest absolute Gasteiger partial charge is 0.335 e. The Hall–Kier alpha value is -1.75. The van der Waals surface area contributed by atoms with E-state index in [0.29, 0.717) is 17.1 Å². The Morgan fingerprint density at radius 3 is 2.38 bits per heavy atom. The number of aromatic carboxylic acids is 1. The lowest BCUT2D eigenvalue weighted by atomic mass is 10.1. The minimum atomic E-state index is -1.02. The molecule has 5 heteroatoms. The van der Waals surface area contributed by atoms with E-state index in [0.717, 1.165) is 0 Å². The van der Waals surface area contributed by atoms with Gasteiger partial charge in [0, 0.05) is 12.7 Å². The zero-order valence-corrected chi connectivity index (χ0v) is 9.44. The summed E-state index contributed by atoms with van der Waals surface area (Å²) in [4.78, 5) is 10.9. The van der Waals surface area contributed by atoms with Crippen molar-refractivity contribution < 1.29 is 24.1 Å². The highest BCUT2D eigenvalue weighted by molar-refractivity contribution is 5.89. The Balaban J connectivity index is 3.31. The largest absolute Gasteiger partial charge is 0.493 e. The van der Waals surface area contributed by atoms with E-state index in [2.05, 4.69) is 0 Å². The summed E-state index contributed by atoms with van der Waals surface area (Å²) in [5.41, 5.74) is 0.784. The fourth-order valence-electron chi connectivity index (χ4n) is 1.43. The highest BCUT2D eigenvalue weighted by Gasteiger charge is 2.15. The Morgan fingerprint density at radius 1 is 1.25 bits per heavy atom. The molecule has 0 spiro atoms. The van der Waals surface area contributed by atoms with Crippen LogP contribution in [0.3, 0.4) is 0 Å². The SMILES string of the molecule is COCc1cc(C(=O)O)cc(OC)c1OC. The van der Waals surface area contributed by atoms with Crippen LogP contribution in [-0.2, 0) is 11.3 Å². The molecule has 0 fully saturated rings. The summed E-state index contributed by atoms with van der Waals surface area (Å²) >= 11 is 0. The second kappa shape index (κ2) is 5.37. The van der Waals surface area contributed by atoms with Gasteiger partial charge in [0.1, 0.15) is 0 Å². The van der Waals surface area contributed by atoms with E-state index in [9.17, 15) is 4.79 Å². The van der Waals surface area contributed by atoms with E-state index < -0.39 is 5.97 Å². The lowest BCUT2D eigenvalue weighted by Crippen LogP contribution is -2.03. The van der Waals surface area contributed by atoms with Crippen molar-refractivity contribution in [3.05, 3.63) is 23.3 Å². The zero-order chi connectivity index (χ0) is 12.1. The van der Waals surface area contributed by atoms with E-state index in [-0.39, 0.29) is 12.2 Å². The number of benzene rings is 1. The number of carbonyl (C=O) groups is 1. The molecule has 1 aromatic rings. The summed E-state index contributed by atoms with van der Waals surface area (Å²) in [6.07, 6.45) is 0. The maximum Gasteiger partial charge on any atom is 0.335 e. The molecule has 1 N–H and O–H groups in total. The Bertz CT molecular complexity index is 386. The highest BCUT2D eigenvalue weighted by atomic mass is 16.5. The third-order valence-electron chi connectivity index (χ3n) is 2.10. The topological polar surface area (TPSA) is 65.0 Å². The molecule has 0 aliphatic heterocycles. The number of methoxy groups -OCH3 is 3. The Labute approximate surface area is 93.6 Å². The molecule has 0 saturated carbocycles. The molecule has 16 heavy (non-hydrogen) atoms. The van der Waals surface area contributed by atoms with Gasteiger partial charge in [0.15, 0.2) is 11.5 Å². The molecule has 0 atom stereocenters. The molecule has 88 valence electrons. The molecular formula is C11H14O5. The second-order valence-corrected chi connectivity index (χ2v) is 3.11. The summed E-state index contributed by atoms with van der Waals surface area (Å²) < 4.78 is 15.2. The van der Waals surface area contributed by atoms with Crippen molar-refractivity contribution in [3.8, 4) is 11.5 Å². The Morgan fingerprint density at radius 2 is 1.94 bits per heavy atom. The normalized spacial score (nSPS) is 9.94. The average Bonchev–Trinajstić information content (AvgIpc) is 2.28. The van der Waals surface area contributed by atoms with Gasteiger partial charge in [-0.05, 0) is 12.1 Å². The number of rotatable bonds is 5. The van der Waals surface area contributed by atoms with E-state index in [1.165, 1.54) is 33.5 Å². The molecule has 0 unspecified atom stereocenters.